The third kappa shape index (κ3) is 23.8. The summed E-state index contributed by atoms with van der Waals surface area (Å²) in [6, 6.07) is 0. The van der Waals surface area contributed by atoms with Gasteiger partial charge < -0.3 is 15.0 Å². The summed E-state index contributed by atoms with van der Waals surface area (Å²) in [4.78, 5) is 21.5. The number of carboxylic acid groups (broad SMARTS) is 2. The van der Waals surface area contributed by atoms with Crippen molar-refractivity contribution in [2.75, 3.05) is 0 Å². The van der Waals surface area contributed by atoms with Gasteiger partial charge >= 0.3 is 35.5 Å². The van der Waals surface area contributed by atoms with Crippen molar-refractivity contribution in [1.82, 2.24) is 0 Å². The molecule has 164 valence electrons. The molecule has 0 aliphatic heterocycles. The van der Waals surface area contributed by atoms with Crippen LogP contribution in [0.25, 0.3) is 0 Å². The molecule has 0 aromatic heterocycles. The zero-order chi connectivity index (χ0) is 20.9. The summed E-state index contributed by atoms with van der Waals surface area (Å²) in [5.74, 6) is -3.09. The molecule has 1 unspecified atom stereocenters. The predicted octanol–water partition coefficient (Wildman–Crippen LogP) is 3.04. The Morgan fingerprint density at radius 3 is 1.59 bits per heavy atom. The molecule has 0 amide bonds. The molecule has 0 aromatic rings. The monoisotopic (exact) mass is 418 g/mol. The third-order valence-corrected chi connectivity index (χ3v) is 5.33. The maximum Gasteiger partial charge on any atom is 1.00 e. The minimum absolute atomic E-state index is 0. The summed E-state index contributed by atoms with van der Waals surface area (Å²) in [5, 5.41) is 19.5. The van der Waals surface area contributed by atoms with Crippen LogP contribution in [0.3, 0.4) is 0 Å². The van der Waals surface area contributed by atoms with Gasteiger partial charge in [0.1, 0.15) is 0 Å². The zero-order valence-corrected chi connectivity index (χ0v) is 21.1. The van der Waals surface area contributed by atoms with Crippen LogP contribution < -0.4 is 34.7 Å². The molecule has 0 aromatic carbocycles. The molecular formula is C24H43NaO4. The van der Waals surface area contributed by atoms with Crippen LogP contribution in [0.1, 0.15) is 122 Å². The number of allylic oxidation sites excluding steroid dienone is 2. The van der Waals surface area contributed by atoms with Gasteiger partial charge in [-0.15, -0.1) is 0 Å². The maximum atomic E-state index is 11.0. The van der Waals surface area contributed by atoms with E-state index >= 15 is 0 Å². The van der Waals surface area contributed by atoms with Gasteiger partial charge in [0, 0.05) is 12.4 Å². The Kier molecular flexibility index (Phi) is 25.5. The van der Waals surface area contributed by atoms with Crippen LogP contribution in [0.2, 0.25) is 0 Å². The molecule has 0 saturated heterocycles. The van der Waals surface area contributed by atoms with E-state index in [0.717, 1.165) is 19.3 Å². The summed E-state index contributed by atoms with van der Waals surface area (Å²) in [5.41, 5.74) is 0. The minimum atomic E-state index is -1.27. The number of unbranched alkanes of at least 4 members (excludes halogenated alkanes) is 14. The van der Waals surface area contributed by atoms with Crippen LogP contribution in [0.4, 0.5) is 0 Å². The number of carbonyl (C=O) groups is 2. The zero-order valence-electron chi connectivity index (χ0n) is 19.1. The van der Waals surface area contributed by atoms with Crippen LogP contribution in [0.5, 0.6) is 0 Å². The smallest absolute Gasteiger partial charge is 0.550 e. The van der Waals surface area contributed by atoms with E-state index < -0.39 is 17.9 Å². The molecule has 0 aliphatic carbocycles. The molecule has 0 heterocycles. The summed E-state index contributed by atoms with van der Waals surface area (Å²) in [7, 11) is 0. The van der Waals surface area contributed by atoms with Gasteiger partial charge in [-0.3, -0.25) is 4.79 Å². The molecule has 0 bridgehead atoms. The van der Waals surface area contributed by atoms with Crippen molar-refractivity contribution < 1.29 is 49.4 Å². The van der Waals surface area contributed by atoms with Crippen LogP contribution in [-0.2, 0) is 9.59 Å². The number of rotatable bonds is 21. The van der Waals surface area contributed by atoms with Gasteiger partial charge in [-0.1, -0.05) is 96.1 Å². The van der Waals surface area contributed by atoms with E-state index in [-0.39, 0.29) is 36.0 Å². The van der Waals surface area contributed by atoms with Gasteiger partial charge in [-0.2, -0.15) is 0 Å². The first-order valence-electron chi connectivity index (χ1n) is 11.7. The van der Waals surface area contributed by atoms with Crippen molar-refractivity contribution in [3.63, 3.8) is 0 Å². The van der Waals surface area contributed by atoms with E-state index in [1.807, 2.05) is 0 Å². The fourth-order valence-corrected chi connectivity index (χ4v) is 3.51. The van der Waals surface area contributed by atoms with Crippen molar-refractivity contribution in [2.45, 2.75) is 122 Å². The third-order valence-electron chi connectivity index (χ3n) is 5.33. The van der Waals surface area contributed by atoms with Crippen LogP contribution in [-0.4, -0.2) is 17.0 Å². The molecule has 0 spiro atoms. The van der Waals surface area contributed by atoms with E-state index in [0.29, 0.717) is 6.42 Å². The Morgan fingerprint density at radius 2 is 1.17 bits per heavy atom. The second kappa shape index (κ2) is 24.0. The second-order valence-corrected chi connectivity index (χ2v) is 8.04. The number of aliphatic carboxylic acids is 2. The number of hydrogen-bond donors (Lipinski definition) is 1. The van der Waals surface area contributed by atoms with E-state index in [4.69, 9.17) is 5.11 Å². The number of carbonyl (C=O) groups excluding carboxylic acids is 1. The Hall–Kier alpha value is -0.320. The Bertz CT molecular complexity index is 410. The molecule has 0 saturated carbocycles. The Labute approximate surface area is 201 Å². The summed E-state index contributed by atoms with van der Waals surface area (Å²) < 4.78 is 0. The average molecular weight is 419 g/mol. The molecule has 1 atom stereocenters. The van der Waals surface area contributed by atoms with Gasteiger partial charge in [0.2, 0.25) is 0 Å². The van der Waals surface area contributed by atoms with Crippen LogP contribution in [0.15, 0.2) is 12.2 Å². The van der Waals surface area contributed by atoms with Crippen molar-refractivity contribution >= 4 is 11.9 Å². The molecule has 29 heavy (non-hydrogen) atoms. The molecule has 0 radical (unpaired) electrons. The SMILES string of the molecule is CCCCCCCCC/C=C/CCCCCCCCCC(CC(=O)[O-])C(=O)O.[Na+]. The van der Waals surface area contributed by atoms with Gasteiger partial charge in [0.15, 0.2) is 0 Å². The minimum Gasteiger partial charge on any atom is -0.550 e. The first kappa shape index (κ1) is 30.9. The van der Waals surface area contributed by atoms with Crippen molar-refractivity contribution in [2.24, 2.45) is 5.92 Å². The van der Waals surface area contributed by atoms with E-state index in [2.05, 4.69) is 19.1 Å². The Morgan fingerprint density at radius 1 is 0.759 bits per heavy atom. The number of carboxylic acids is 2. The summed E-state index contributed by atoms with van der Waals surface area (Å²) in [6.07, 6.45) is 24.5. The maximum absolute atomic E-state index is 11.0. The first-order chi connectivity index (χ1) is 13.6. The molecule has 4 nitrogen and oxygen atoms in total. The van der Waals surface area contributed by atoms with Gasteiger partial charge in [0.25, 0.3) is 0 Å². The Balaban J connectivity index is 0. The van der Waals surface area contributed by atoms with Gasteiger partial charge in [-0.25, -0.2) is 0 Å². The van der Waals surface area contributed by atoms with Crippen LogP contribution in [0, 0.1) is 5.92 Å². The van der Waals surface area contributed by atoms with Gasteiger partial charge in [-0.05, 0) is 32.1 Å². The van der Waals surface area contributed by atoms with E-state index in [9.17, 15) is 14.7 Å². The van der Waals surface area contributed by atoms with Crippen molar-refractivity contribution in [1.29, 1.82) is 0 Å². The van der Waals surface area contributed by atoms with E-state index in [1.54, 1.807) is 0 Å². The van der Waals surface area contributed by atoms with Gasteiger partial charge in [0.05, 0.1) is 5.92 Å². The first-order valence-corrected chi connectivity index (χ1v) is 11.7. The van der Waals surface area contributed by atoms with Crippen LogP contribution >= 0.6 is 0 Å². The standard InChI is InChI=1S/C24H44O4.Na/c1-2-3-4-5-6-7-8-9-10-11-12-13-14-15-16-17-18-19-20-22(24(27)28)21-23(25)26;/h10-11,22H,2-9,12-21H2,1H3,(H,25,26)(H,27,28);/q;+1/p-1/b11-10+;. The number of hydrogen-bond acceptors (Lipinski definition) is 3. The topological polar surface area (TPSA) is 77.4 Å². The summed E-state index contributed by atoms with van der Waals surface area (Å²) in [6.45, 7) is 2.26. The fourth-order valence-electron chi connectivity index (χ4n) is 3.51. The molecular weight excluding hydrogens is 375 g/mol. The van der Waals surface area contributed by atoms with Crippen molar-refractivity contribution in [3.05, 3.63) is 12.2 Å². The quantitative estimate of drug-likeness (QED) is 0.177. The largest absolute Gasteiger partial charge is 1.00 e. The normalized spacial score (nSPS) is 12.0. The van der Waals surface area contributed by atoms with E-state index in [1.165, 1.54) is 83.5 Å². The molecule has 0 fully saturated rings. The molecule has 0 aliphatic rings. The predicted molar refractivity (Wildman–Crippen MR) is 114 cm³/mol. The second-order valence-electron chi connectivity index (χ2n) is 8.04. The molecule has 1 N–H and O–H groups in total. The molecule has 0 rings (SSSR count). The molecule has 5 heteroatoms. The average Bonchev–Trinajstić information content (AvgIpc) is 2.65. The fraction of sp³-hybridized carbons (Fsp3) is 0.833. The van der Waals surface area contributed by atoms with Crippen molar-refractivity contribution in [3.8, 4) is 0 Å². The summed E-state index contributed by atoms with van der Waals surface area (Å²) >= 11 is 0.